The molecule has 0 aromatic carbocycles. The highest BCUT2D eigenvalue weighted by atomic mass is 79.9. The van der Waals surface area contributed by atoms with Crippen molar-refractivity contribution in [3.63, 3.8) is 0 Å². The van der Waals surface area contributed by atoms with Crippen LogP contribution in [0, 0.1) is 5.92 Å². The predicted molar refractivity (Wildman–Crippen MR) is 57.7 cm³/mol. The third kappa shape index (κ3) is 3.58. The van der Waals surface area contributed by atoms with Crippen LogP contribution in [0.25, 0.3) is 0 Å². The number of carboxylic acid groups (broad SMARTS) is 1. The number of halogens is 1. The van der Waals surface area contributed by atoms with Crippen molar-refractivity contribution in [1.29, 1.82) is 0 Å². The Morgan fingerprint density at radius 1 is 1.57 bits per heavy atom. The zero-order chi connectivity index (χ0) is 10.6. The monoisotopic (exact) mass is 264 g/mol. The normalized spacial score (nSPS) is 32.9. The molecule has 0 aromatic heterocycles. The Morgan fingerprint density at radius 3 is 2.79 bits per heavy atom. The van der Waals surface area contributed by atoms with Gasteiger partial charge < -0.3 is 9.84 Å². The fourth-order valence-electron chi connectivity index (χ4n) is 2.02. The Balaban J connectivity index is 2.27. The summed E-state index contributed by atoms with van der Waals surface area (Å²) in [5.74, 6) is -0.146. The maximum atomic E-state index is 10.4. The summed E-state index contributed by atoms with van der Waals surface area (Å²) >= 11 is 3.59. The molecule has 4 heteroatoms. The summed E-state index contributed by atoms with van der Waals surface area (Å²) in [7, 11) is 1.73. The molecule has 0 aromatic rings. The van der Waals surface area contributed by atoms with Gasteiger partial charge in [0.05, 0.1) is 6.10 Å². The van der Waals surface area contributed by atoms with Gasteiger partial charge in [0.1, 0.15) is 0 Å². The number of ether oxygens (including phenoxy) is 1. The van der Waals surface area contributed by atoms with Crippen LogP contribution in [0.15, 0.2) is 0 Å². The molecule has 1 N–H and O–H groups in total. The van der Waals surface area contributed by atoms with Crippen LogP contribution in [-0.4, -0.2) is 29.1 Å². The smallest absolute Gasteiger partial charge is 0.303 e. The van der Waals surface area contributed by atoms with Gasteiger partial charge in [-0.05, 0) is 31.6 Å². The van der Waals surface area contributed by atoms with Crippen LogP contribution in [0.1, 0.15) is 32.1 Å². The number of aliphatic carboxylic acids is 1. The molecule has 82 valence electrons. The van der Waals surface area contributed by atoms with Crippen molar-refractivity contribution < 1.29 is 14.6 Å². The summed E-state index contributed by atoms with van der Waals surface area (Å²) in [6.07, 6.45) is 4.56. The summed E-state index contributed by atoms with van der Waals surface area (Å²) in [4.78, 5) is 10.8. The van der Waals surface area contributed by atoms with E-state index in [2.05, 4.69) is 15.9 Å². The second kappa shape index (κ2) is 5.71. The fourth-order valence-corrected chi connectivity index (χ4v) is 3.03. The highest BCUT2D eigenvalue weighted by Gasteiger charge is 2.28. The summed E-state index contributed by atoms with van der Waals surface area (Å²) in [6.45, 7) is 0. The molecule has 0 bridgehead atoms. The van der Waals surface area contributed by atoms with Crippen molar-refractivity contribution in [2.24, 2.45) is 5.92 Å². The highest BCUT2D eigenvalue weighted by molar-refractivity contribution is 9.09. The van der Waals surface area contributed by atoms with Gasteiger partial charge in [0.25, 0.3) is 0 Å². The first kappa shape index (κ1) is 12.0. The molecule has 0 radical (unpaired) electrons. The molecular formula is C10H17BrO3. The maximum Gasteiger partial charge on any atom is 0.303 e. The molecule has 1 aliphatic carbocycles. The van der Waals surface area contributed by atoms with Crippen LogP contribution in [0.4, 0.5) is 0 Å². The minimum atomic E-state index is -0.690. The van der Waals surface area contributed by atoms with Crippen LogP contribution in [-0.2, 0) is 9.53 Å². The first-order valence-corrected chi connectivity index (χ1v) is 5.93. The van der Waals surface area contributed by atoms with Crippen molar-refractivity contribution in [1.82, 2.24) is 0 Å². The molecule has 1 aliphatic rings. The average molecular weight is 265 g/mol. The molecule has 0 saturated heterocycles. The second-order valence-electron chi connectivity index (χ2n) is 3.90. The number of carboxylic acids is 1. The van der Waals surface area contributed by atoms with E-state index in [0.29, 0.717) is 23.3 Å². The topological polar surface area (TPSA) is 46.5 Å². The van der Waals surface area contributed by atoms with Crippen molar-refractivity contribution in [2.45, 2.75) is 43.0 Å². The van der Waals surface area contributed by atoms with Gasteiger partial charge in [-0.25, -0.2) is 0 Å². The minimum Gasteiger partial charge on any atom is -0.481 e. The van der Waals surface area contributed by atoms with E-state index in [1.165, 1.54) is 0 Å². The molecular weight excluding hydrogens is 248 g/mol. The van der Waals surface area contributed by atoms with E-state index in [-0.39, 0.29) is 0 Å². The molecule has 14 heavy (non-hydrogen) atoms. The number of alkyl halides is 1. The third-order valence-electron chi connectivity index (χ3n) is 2.89. The summed E-state index contributed by atoms with van der Waals surface area (Å²) in [6, 6.07) is 0. The van der Waals surface area contributed by atoms with Gasteiger partial charge >= 0.3 is 5.97 Å². The Bertz CT molecular complexity index is 196. The van der Waals surface area contributed by atoms with Crippen molar-refractivity contribution in [3.8, 4) is 0 Å². The Kier molecular flexibility index (Phi) is 4.89. The number of rotatable bonds is 4. The van der Waals surface area contributed by atoms with E-state index in [1.54, 1.807) is 7.11 Å². The van der Waals surface area contributed by atoms with E-state index < -0.39 is 5.97 Å². The van der Waals surface area contributed by atoms with Crippen molar-refractivity contribution >= 4 is 21.9 Å². The van der Waals surface area contributed by atoms with E-state index in [0.717, 1.165) is 25.7 Å². The lowest BCUT2D eigenvalue weighted by Crippen LogP contribution is -2.31. The highest BCUT2D eigenvalue weighted by Crippen LogP contribution is 2.33. The third-order valence-corrected chi connectivity index (χ3v) is 3.85. The second-order valence-corrected chi connectivity index (χ2v) is 5.08. The van der Waals surface area contributed by atoms with Gasteiger partial charge in [-0.2, -0.15) is 0 Å². The van der Waals surface area contributed by atoms with E-state index in [1.807, 2.05) is 0 Å². The molecule has 1 rings (SSSR count). The molecule has 1 fully saturated rings. The summed E-state index contributed by atoms with van der Waals surface area (Å²) in [5, 5.41) is 8.57. The van der Waals surface area contributed by atoms with Gasteiger partial charge in [-0.1, -0.05) is 15.9 Å². The average Bonchev–Trinajstić information content (AvgIpc) is 2.15. The molecule has 3 unspecified atom stereocenters. The zero-order valence-corrected chi connectivity index (χ0v) is 10.00. The van der Waals surface area contributed by atoms with Gasteiger partial charge in [-0.3, -0.25) is 4.79 Å². The molecule has 0 amide bonds. The standard InChI is InChI=1S/C10H17BrO3/c1-14-9-4-2-7(6-8(9)11)3-5-10(12)13/h7-9H,2-6H2,1H3,(H,12,13). The lowest BCUT2D eigenvalue weighted by Gasteiger charge is -2.31. The number of hydrogen-bond donors (Lipinski definition) is 1. The molecule has 3 nitrogen and oxygen atoms in total. The summed E-state index contributed by atoms with van der Waals surface area (Å²) in [5.41, 5.74) is 0. The van der Waals surface area contributed by atoms with Crippen LogP contribution in [0.3, 0.4) is 0 Å². The first-order valence-electron chi connectivity index (χ1n) is 5.02. The van der Waals surface area contributed by atoms with E-state index in [9.17, 15) is 4.79 Å². The van der Waals surface area contributed by atoms with E-state index >= 15 is 0 Å². The minimum absolute atomic E-state index is 0.294. The Morgan fingerprint density at radius 2 is 2.29 bits per heavy atom. The van der Waals surface area contributed by atoms with E-state index in [4.69, 9.17) is 9.84 Å². The molecule has 3 atom stereocenters. The molecule has 0 heterocycles. The van der Waals surface area contributed by atoms with Crippen molar-refractivity contribution in [3.05, 3.63) is 0 Å². The largest absolute Gasteiger partial charge is 0.481 e. The van der Waals surface area contributed by atoms with Gasteiger partial charge in [0.2, 0.25) is 0 Å². The van der Waals surface area contributed by atoms with Crippen LogP contribution in [0.2, 0.25) is 0 Å². The van der Waals surface area contributed by atoms with Crippen molar-refractivity contribution in [2.75, 3.05) is 7.11 Å². The van der Waals surface area contributed by atoms with Crippen LogP contribution < -0.4 is 0 Å². The quantitative estimate of drug-likeness (QED) is 0.794. The molecule has 0 aliphatic heterocycles. The Labute approximate surface area is 93.0 Å². The SMILES string of the molecule is COC1CCC(CCC(=O)O)CC1Br. The van der Waals surface area contributed by atoms with Gasteiger partial charge in [0, 0.05) is 18.4 Å². The zero-order valence-electron chi connectivity index (χ0n) is 8.41. The van der Waals surface area contributed by atoms with Gasteiger partial charge in [0.15, 0.2) is 0 Å². The first-order chi connectivity index (χ1) is 6.63. The maximum absolute atomic E-state index is 10.4. The number of hydrogen-bond acceptors (Lipinski definition) is 2. The van der Waals surface area contributed by atoms with Crippen LogP contribution in [0.5, 0.6) is 0 Å². The molecule has 1 saturated carbocycles. The Hall–Kier alpha value is -0.0900. The van der Waals surface area contributed by atoms with Crippen LogP contribution >= 0.6 is 15.9 Å². The number of carbonyl (C=O) groups is 1. The van der Waals surface area contributed by atoms with Gasteiger partial charge in [-0.15, -0.1) is 0 Å². The predicted octanol–water partition coefficient (Wildman–Crippen LogP) is 2.43. The molecule has 0 spiro atoms. The number of methoxy groups -OCH3 is 1. The lowest BCUT2D eigenvalue weighted by molar-refractivity contribution is -0.137. The summed E-state index contributed by atoms with van der Waals surface area (Å²) < 4.78 is 5.31. The fraction of sp³-hybridized carbons (Fsp3) is 0.900. The lowest BCUT2D eigenvalue weighted by atomic mass is 9.84.